The smallest absolute Gasteiger partial charge is 0.243 e. The van der Waals surface area contributed by atoms with Crippen molar-refractivity contribution in [3.05, 3.63) is 30.1 Å². The van der Waals surface area contributed by atoms with Crippen LogP contribution in [0.2, 0.25) is 0 Å². The summed E-state index contributed by atoms with van der Waals surface area (Å²) < 4.78 is 0. The van der Waals surface area contributed by atoms with E-state index in [1.807, 2.05) is 26.0 Å². The van der Waals surface area contributed by atoms with Gasteiger partial charge in [-0.25, -0.2) is 0 Å². The average Bonchev–Trinajstić information content (AvgIpc) is 2.55. The molecule has 1 aromatic rings. The van der Waals surface area contributed by atoms with Gasteiger partial charge in [0.25, 0.3) is 0 Å². The van der Waals surface area contributed by atoms with E-state index in [1.54, 1.807) is 17.3 Å². The number of hydrogen-bond donors (Lipinski definition) is 1. The van der Waals surface area contributed by atoms with Crippen molar-refractivity contribution >= 4 is 11.8 Å². The Morgan fingerprint density at radius 2 is 2.09 bits per heavy atom. The molecule has 1 N–H and O–H groups in total. The van der Waals surface area contributed by atoms with E-state index < -0.39 is 0 Å². The summed E-state index contributed by atoms with van der Waals surface area (Å²) in [4.78, 5) is 30.5. The molecule has 5 heteroatoms. The zero-order valence-corrected chi connectivity index (χ0v) is 13.4. The Bertz CT molecular complexity index is 504. The first-order chi connectivity index (χ1) is 10.6. The molecule has 5 nitrogen and oxygen atoms in total. The SMILES string of the molecule is CCCC(=O)N1CCCC[C@@H]1C(=O)N[C@H](C)c1ccncc1. The fourth-order valence-electron chi connectivity index (χ4n) is 2.91. The summed E-state index contributed by atoms with van der Waals surface area (Å²) in [5, 5.41) is 3.03. The Hall–Kier alpha value is -1.91. The summed E-state index contributed by atoms with van der Waals surface area (Å²) >= 11 is 0. The summed E-state index contributed by atoms with van der Waals surface area (Å²) in [5.74, 6) is 0.0485. The quantitative estimate of drug-likeness (QED) is 0.908. The molecule has 2 atom stereocenters. The molecule has 2 amide bonds. The minimum atomic E-state index is -0.322. The Kier molecular flexibility index (Phi) is 5.92. The highest BCUT2D eigenvalue weighted by molar-refractivity contribution is 5.88. The first-order valence-electron chi connectivity index (χ1n) is 8.13. The van der Waals surface area contributed by atoms with Gasteiger partial charge in [-0.05, 0) is 50.3 Å². The summed E-state index contributed by atoms with van der Waals surface area (Å²) in [6.45, 7) is 4.64. The van der Waals surface area contributed by atoms with E-state index in [9.17, 15) is 9.59 Å². The lowest BCUT2D eigenvalue weighted by Gasteiger charge is -2.35. The predicted molar refractivity (Wildman–Crippen MR) is 85.1 cm³/mol. The fraction of sp³-hybridized carbons (Fsp3) is 0.588. The van der Waals surface area contributed by atoms with Crippen LogP contribution in [0.3, 0.4) is 0 Å². The Morgan fingerprint density at radius 3 is 2.77 bits per heavy atom. The number of aromatic nitrogens is 1. The monoisotopic (exact) mass is 303 g/mol. The van der Waals surface area contributed by atoms with Gasteiger partial charge >= 0.3 is 0 Å². The van der Waals surface area contributed by atoms with Crippen LogP contribution >= 0.6 is 0 Å². The molecule has 0 radical (unpaired) electrons. The molecule has 1 aliphatic heterocycles. The molecule has 0 saturated carbocycles. The lowest BCUT2D eigenvalue weighted by molar-refractivity contribution is -0.142. The van der Waals surface area contributed by atoms with E-state index in [2.05, 4.69) is 10.3 Å². The van der Waals surface area contributed by atoms with Crippen molar-refractivity contribution in [1.82, 2.24) is 15.2 Å². The van der Waals surface area contributed by atoms with E-state index in [1.165, 1.54) is 0 Å². The molecule has 0 aromatic carbocycles. The van der Waals surface area contributed by atoms with Gasteiger partial charge in [0.1, 0.15) is 6.04 Å². The third-order valence-electron chi connectivity index (χ3n) is 4.15. The van der Waals surface area contributed by atoms with Crippen LogP contribution in [0.4, 0.5) is 0 Å². The van der Waals surface area contributed by atoms with Crippen LogP contribution in [0.5, 0.6) is 0 Å². The maximum Gasteiger partial charge on any atom is 0.243 e. The second kappa shape index (κ2) is 7.92. The van der Waals surface area contributed by atoms with Crippen LogP contribution in [-0.2, 0) is 9.59 Å². The Morgan fingerprint density at radius 1 is 1.36 bits per heavy atom. The van der Waals surface area contributed by atoms with Crippen molar-refractivity contribution < 1.29 is 9.59 Å². The molecular formula is C17H25N3O2. The zero-order chi connectivity index (χ0) is 15.9. The number of piperidine rings is 1. The van der Waals surface area contributed by atoms with E-state index >= 15 is 0 Å². The van der Waals surface area contributed by atoms with Gasteiger partial charge in [0.2, 0.25) is 11.8 Å². The number of hydrogen-bond acceptors (Lipinski definition) is 3. The number of nitrogens with zero attached hydrogens (tertiary/aromatic N) is 2. The van der Waals surface area contributed by atoms with E-state index in [-0.39, 0.29) is 23.9 Å². The summed E-state index contributed by atoms with van der Waals surface area (Å²) in [6, 6.07) is 3.38. The van der Waals surface area contributed by atoms with Gasteiger partial charge < -0.3 is 10.2 Å². The van der Waals surface area contributed by atoms with Crippen LogP contribution in [-0.4, -0.2) is 34.3 Å². The summed E-state index contributed by atoms with van der Waals surface area (Å²) in [6.07, 6.45) is 7.51. The number of rotatable bonds is 5. The lowest BCUT2D eigenvalue weighted by Crippen LogP contribution is -2.52. The zero-order valence-electron chi connectivity index (χ0n) is 13.4. The van der Waals surface area contributed by atoms with Gasteiger partial charge in [0, 0.05) is 25.4 Å². The van der Waals surface area contributed by atoms with Crippen LogP contribution in [0.15, 0.2) is 24.5 Å². The third kappa shape index (κ3) is 4.06. The molecule has 1 aromatic heterocycles. The summed E-state index contributed by atoms with van der Waals surface area (Å²) in [5.41, 5.74) is 1.02. The molecule has 2 heterocycles. The Balaban J connectivity index is 2.01. The minimum Gasteiger partial charge on any atom is -0.348 e. The number of carbonyl (C=O) groups excluding carboxylic acids is 2. The van der Waals surface area contributed by atoms with Crippen molar-refractivity contribution in [2.24, 2.45) is 0 Å². The van der Waals surface area contributed by atoms with E-state index in [0.717, 1.165) is 31.2 Å². The van der Waals surface area contributed by atoms with Gasteiger partial charge in [-0.15, -0.1) is 0 Å². The Labute approximate surface area is 132 Å². The topological polar surface area (TPSA) is 62.3 Å². The first kappa shape index (κ1) is 16.5. The molecule has 0 bridgehead atoms. The molecule has 0 aliphatic carbocycles. The summed E-state index contributed by atoms with van der Waals surface area (Å²) in [7, 11) is 0. The van der Waals surface area contributed by atoms with Crippen molar-refractivity contribution in [2.75, 3.05) is 6.54 Å². The molecule has 0 unspecified atom stereocenters. The fourth-order valence-corrected chi connectivity index (χ4v) is 2.91. The molecule has 1 aliphatic rings. The lowest BCUT2D eigenvalue weighted by atomic mass is 10.00. The maximum absolute atomic E-state index is 12.6. The molecular weight excluding hydrogens is 278 g/mol. The average molecular weight is 303 g/mol. The highest BCUT2D eigenvalue weighted by Gasteiger charge is 2.32. The van der Waals surface area contributed by atoms with Crippen molar-refractivity contribution in [2.45, 2.75) is 58.0 Å². The molecule has 1 saturated heterocycles. The van der Waals surface area contributed by atoms with Crippen molar-refractivity contribution in [3.63, 3.8) is 0 Å². The number of pyridine rings is 1. The third-order valence-corrected chi connectivity index (χ3v) is 4.15. The minimum absolute atomic E-state index is 0.0477. The normalized spacial score (nSPS) is 19.5. The van der Waals surface area contributed by atoms with Crippen LogP contribution in [0.25, 0.3) is 0 Å². The molecule has 120 valence electrons. The van der Waals surface area contributed by atoms with E-state index in [0.29, 0.717) is 13.0 Å². The largest absolute Gasteiger partial charge is 0.348 e. The molecule has 0 spiro atoms. The maximum atomic E-state index is 12.6. The van der Waals surface area contributed by atoms with Crippen molar-refractivity contribution in [1.29, 1.82) is 0 Å². The molecule has 22 heavy (non-hydrogen) atoms. The standard InChI is InChI=1S/C17H25N3O2/c1-3-6-16(21)20-12-5-4-7-15(20)17(22)19-13(2)14-8-10-18-11-9-14/h8-11,13,15H,3-7,12H2,1-2H3,(H,19,22)/t13-,15-/m1/s1. The number of carbonyl (C=O) groups is 2. The highest BCUT2D eigenvalue weighted by atomic mass is 16.2. The number of amides is 2. The first-order valence-corrected chi connectivity index (χ1v) is 8.13. The number of nitrogens with one attached hydrogen (secondary N) is 1. The van der Waals surface area contributed by atoms with Crippen LogP contribution in [0, 0.1) is 0 Å². The molecule has 2 rings (SSSR count). The second-order valence-corrected chi connectivity index (χ2v) is 5.86. The van der Waals surface area contributed by atoms with Gasteiger partial charge in [-0.1, -0.05) is 6.92 Å². The second-order valence-electron chi connectivity index (χ2n) is 5.86. The number of likely N-dealkylation sites (tertiary alicyclic amines) is 1. The van der Waals surface area contributed by atoms with Gasteiger partial charge in [-0.2, -0.15) is 0 Å². The van der Waals surface area contributed by atoms with E-state index in [4.69, 9.17) is 0 Å². The van der Waals surface area contributed by atoms with Crippen LogP contribution in [0.1, 0.15) is 57.6 Å². The van der Waals surface area contributed by atoms with Gasteiger partial charge in [-0.3, -0.25) is 14.6 Å². The van der Waals surface area contributed by atoms with Gasteiger partial charge in [0.05, 0.1) is 6.04 Å². The predicted octanol–water partition coefficient (Wildman–Crippen LogP) is 2.44. The van der Waals surface area contributed by atoms with Gasteiger partial charge in [0.15, 0.2) is 0 Å². The molecule has 1 fully saturated rings. The highest BCUT2D eigenvalue weighted by Crippen LogP contribution is 2.20. The van der Waals surface area contributed by atoms with Crippen LogP contribution < -0.4 is 5.32 Å². The van der Waals surface area contributed by atoms with Crippen molar-refractivity contribution in [3.8, 4) is 0 Å².